The summed E-state index contributed by atoms with van der Waals surface area (Å²) in [5, 5.41) is 15.7. The lowest BCUT2D eigenvalue weighted by Gasteiger charge is -2.08. The van der Waals surface area contributed by atoms with E-state index >= 15 is 0 Å². The fraction of sp³-hybridized carbons (Fsp3) is 0.100. The Balaban J connectivity index is 1.75. The van der Waals surface area contributed by atoms with E-state index in [2.05, 4.69) is 15.3 Å². The van der Waals surface area contributed by atoms with Crippen LogP contribution in [0.4, 0.5) is 8.78 Å². The molecule has 0 heterocycles. The lowest BCUT2D eigenvalue weighted by atomic mass is 10.1. The van der Waals surface area contributed by atoms with E-state index in [-0.39, 0.29) is 17.1 Å². The van der Waals surface area contributed by atoms with Crippen molar-refractivity contribution in [1.82, 2.24) is 5.43 Å². The third-order valence-electron chi connectivity index (χ3n) is 3.93. The van der Waals surface area contributed by atoms with E-state index in [0.717, 1.165) is 10.8 Å². The minimum absolute atomic E-state index is 0.0340. The van der Waals surface area contributed by atoms with Crippen molar-refractivity contribution in [3.05, 3.63) is 71.8 Å². The summed E-state index contributed by atoms with van der Waals surface area (Å²) in [6.07, 6.45) is 0. The van der Waals surface area contributed by atoms with Crippen LogP contribution in [0.3, 0.4) is 0 Å². The van der Waals surface area contributed by atoms with Crippen molar-refractivity contribution in [3.8, 4) is 11.5 Å². The van der Waals surface area contributed by atoms with Gasteiger partial charge in [0.2, 0.25) is 0 Å². The summed E-state index contributed by atoms with van der Waals surface area (Å²) < 4.78 is 28.6. The maximum atomic E-state index is 12.3. The molecule has 27 heavy (non-hydrogen) atoms. The molecular formula is C20H16F2N2O3. The normalized spacial score (nSPS) is 11.6. The standard InChI is InChI=1S/C20H16F2N2O3/c1-12(13-6-8-16(9-7-13)27-20(21)22)23-24-19(26)17-10-14-4-2-3-5-15(14)11-18(17)25/h2-11,20,25H,1H3,(H,24,26). The number of fused-ring (bicyclic) bond motifs is 1. The van der Waals surface area contributed by atoms with E-state index in [9.17, 15) is 18.7 Å². The highest BCUT2D eigenvalue weighted by Crippen LogP contribution is 2.25. The summed E-state index contributed by atoms with van der Waals surface area (Å²) in [6, 6.07) is 16.3. The van der Waals surface area contributed by atoms with Crippen molar-refractivity contribution in [2.75, 3.05) is 0 Å². The van der Waals surface area contributed by atoms with E-state index in [1.165, 1.54) is 18.2 Å². The van der Waals surface area contributed by atoms with Gasteiger partial charge in [0, 0.05) is 0 Å². The van der Waals surface area contributed by atoms with E-state index in [1.807, 2.05) is 24.3 Å². The molecule has 0 bridgehead atoms. The lowest BCUT2D eigenvalue weighted by molar-refractivity contribution is -0.0498. The minimum Gasteiger partial charge on any atom is -0.507 e. The van der Waals surface area contributed by atoms with E-state index < -0.39 is 12.5 Å². The fourth-order valence-corrected chi connectivity index (χ4v) is 2.55. The number of rotatable bonds is 5. The second-order valence-corrected chi connectivity index (χ2v) is 5.76. The largest absolute Gasteiger partial charge is 0.507 e. The number of hydrazone groups is 1. The number of hydrogen-bond donors (Lipinski definition) is 2. The smallest absolute Gasteiger partial charge is 0.387 e. The number of nitrogens with one attached hydrogen (secondary N) is 1. The fourth-order valence-electron chi connectivity index (χ4n) is 2.55. The van der Waals surface area contributed by atoms with Gasteiger partial charge in [0.1, 0.15) is 11.5 Å². The number of nitrogens with zero attached hydrogens (tertiary/aromatic N) is 1. The monoisotopic (exact) mass is 370 g/mol. The highest BCUT2D eigenvalue weighted by molar-refractivity contribution is 6.03. The van der Waals surface area contributed by atoms with Gasteiger partial charge in [0.15, 0.2) is 0 Å². The first-order valence-electron chi connectivity index (χ1n) is 8.05. The molecule has 0 fully saturated rings. The molecule has 0 saturated carbocycles. The average molecular weight is 370 g/mol. The SMILES string of the molecule is CC(=NNC(=O)c1cc2ccccc2cc1O)c1ccc(OC(F)F)cc1. The Labute approximate surface area is 153 Å². The number of phenols is 1. The molecule has 0 aliphatic heterocycles. The van der Waals surface area contributed by atoms with Gasteiger partial charge in [-0.1, -0.05) is 24.3 Å². The van der Waals surface area contributed by atoms with Gasteiger partial charge in [-0.2, -0.15) is 13.9 Å². The van der Waals surface area contributed by atoms with Gasteiger partial charge in [-0.15, -0.1) is 0 Å². The molecule has 2 N–H and O–H groups in total. The molecule has 1 amide bonds. The Hall–Kier alpha value is -3.48. The van der Waals surface area contributed by atoms with Crippen LogP contribution < -0.4 is 10.2 Å². The second kappa shape index (κ2) is 7.82. The molecule has 0 aliphatic carbocycles. The third-order valence-corrected chi connectivity index (χ3v) is 3.93. The first-order valence-corrected chi connectivity index (χ1v) is 8.05. The van der Waals surface area contributed by atoms with E-state index in [4.69, 9.17) is 0 Å². The number of hydrogen-bond acceptors (Lipinski definition) is 4. The van der Waals surface area contributed by atoms with Crippen LogP contribution in [0.1, 0.15) is 22.8 Å². The summed E-state index contributed by atoms with van der Waals surface area (Å²) in [6.45, 7) is -1.23. The minimum atomic E-state index is -2.89. The van der Waals surface area contributed by atoms with Crippen LogP contribution in [0.15, 0.2) is 65.8 Å². The maximum Gasteiger partial charge on any atom is 0.387 e. The van der Waals surface area contributed by atoms with Crippen molar-refractivity contribution in [1.29, 1.82) is 0 Å². The first kappa shape index (κ1) is 18.3. The molecule has 0 aromatic heterocycles. The van der Waals surface area contributed by atoms with Crippen molar-refractivity contribution in [2.45, 2.75) is 13.5 Å². The molecule has 3 aromatic rings. The van der Waals surface area contributed by atoms with Crippen LogP contribution in [0.25, 0.3) is 10.8 Å². The number of aromatic hydroxyl groups is 1. The summed E-state index contributed by atoms with van der Waals surface area (Å²) in [5.41, 5.74) is 3.58. The maximum absolute atomic E-state index is 12.3. The van der Waals surface area contributed by atoms with Crippen molar-refractivity contribution in [2.24, 2.45) is 5.10 Å². The van der Waals surface area contributed by atoms with E-state index in [1.54, 1.807) is 25.1 Å². The van der Waals surface area contributed by atoms with Gasteiger partial charge in [-0.3, -0.25) is 4.79 Å². The molecule has 7 heteroatoms. The molecule has 0 spiro atoms. The zero-order valence-corrected chi connectivity index (χ0v) is 14.3. The number of carbonyl (C=O) groups is 1. The summed E-state index contributed by atoms with van der Waals surface area (Å²) in [5.74, 6) is -0.672. The summed E-state index contributed by atoms with van der Waals surface area (Å²) in [4.78, 5) is 12.3. The van der Waals surface area contributed by atoms with Gasteiger partial charge in [-0.05, 0) is 59.7 Å². The van der Waals surface area contributed by atoms with Crippen molar-refractivity contribution in [3.63, 3.8) is 0 Å². The van der Waals surface area contributed by atoms with Crippen LogP contribution in [0.5, 0.6) is 11.5 Å². The molecule has 0 radical (unpaired) electrons. The van der Waals surface area contributed by atoms with Crippen molar-refractivity contribution >= 4 is 22.4 Å². The zero-order valence-electron chi connectivity index (χ0n) is 14.3. The topological polar surface area (TPSA) is 70.9 Å². The van der Waals surface area contributed by atoms with Gasteiger partial charge in [0.05, 0.1) is 11.3 Å². The first-order chi connectivity index (χ1) is 12.9. The second-order valence-electron chi connectivity index (χ2n) is 5.76. The molecule has 3 aromatic carbocycles. The summed E-state index contributed by atoms with van der Waals surface area (Å²) in [7, 11) is 0. The zero-order chi connectivity index (χ0) is 19.4. The molecule has 0 unspecified atom stereocenters. The van der Waals surface area contributed by atoms with Gasteiger partial charge < -0.3 is 9.84 Å². The Morgan fingerprint density at radius 1 is 1.07 bits per heavy atom. The number of alkyl halides is 2. The highest BCUT2D eigenvalue weighted by atomic mass is 19.3. The quantitative estimate of drug-likeness (QED) is 0.520. The van der Waals surface area contributed by atoms with Crippen LogP contribution in [-0.2, 0) is 0 Å². The van der Waals surface area contributed by atoms with E-state index in [0.29, 0.717) is 11.3 Å². The Kier molecular flexibility index (Phi) is 5.30. The molecule has 0 aliphatic rings. The molecule has 3 rings (SSSR count). The Morgan fingerprint density at radius 2 is 1.70 bits per heavy atom. The third kappa shape index (κ3) is 4.38. The molecule has 0 atom stereocenters. The van der Waals surface area contributed by atoms with Crippen molar-refractivity contribution < 1.29 is 23.4 Å². The number of benzene rings is 3. The van der Waals surface area contributed by atoms with Crippen LogP contribution in [0, 0.1) is 0 Å². The highest BCUT2D eigenvalue weighted by Gasteiger charge is 2.12. The summed E-state index contributed by atoms with van der Waals surface area (Å²) >= 11 is 0. The van der Waals surface area contributed by atoms with Crippen LogP contribution in [0.2, 0.25) is 0 Å². The van der Waals surface area contributed by atoms with Gasteiger partial charge in [-0.25, -0.2) is 5.43 Å². The van der Waals surface area contributed by atoms with Gasteiger partial charge >= 0.3 is 6.61 Å². The molecule has 138 valence electrons. The van der Waals surface area contributed by atoms with Gasteiger partial charge in [0.25, 0.3) is 5.91 Å². The number of ether oxygens (including phenoxy) is 1. The molecule has 0 saturated heterocycles. The Bertz CT molecular complexity index is 1000. The predicted octanol–water partition coefficient (Wildman–Crippen LogP) is 4.30. The predicted molar refractivity (Wildman–Crippen MR) is 98.4 cm³/mol. The average Bonchev–Trinajstić information content (AvgIpc) is 2.65. The number of carbonyl (C=O) groups excluding carboxylic acids is 1. The Morgan fingerprint density at radius 3 is 2.33 bits per heavy atom. The number of halogens is 2. The molecule has 5 nitrogen and oxygen atoms in total. The molecular weight excluding hydrogens is 354 g/mol. The lowest BCUT2D eigenvalue weighted by Crippen LogP contribution is -2.19. The number of phenolic OH excluding ortho intramolecular Hbond substituents is 1. The van der Waals surface area contributed by atoms with Crippen LogP contribution in [-0.4, -0.2) is 23.3 Å². The van der Waals surface area contributed by atoms with Crippen LogP contribution >= 0.6 is 0 Å². The number of amides is 1.